The second kappa shape index (κ2) is 21.5. The van der Waals surface area contributed by atoms with Gasteiger partial charge in [-0.25, -0.2) is 9.59 Å². The highest BCUT2D eigenvalue weighted by Gasteiger charge is 2.35. The molecule has 0 saturated carbocycles. The molecular weight excluding hydrogens is 494 g/mol. The van der Waals surface area contributed by atoms with Crippen molar-refractivity contribution in [2.75, 3.05) is 13.1 Å². The Morgan fingerprint density at radius 1 is 0.744 bits per heavy atom. The van der Waals surface area contributed by atoms with E-state index in [-0.39, 0.29) is 6.54 Å². The Labute approximate surface area is 238 Å². The van der Waals surface area contributed by atoms with Crippen LogP contribution in [0, 0.1) is 11.3 Å². The summed E-state index contributed by atoms with van der Waals surface area (Å²) < 4.78 is 5.53. The van der Waals surface area contributed by atoms with Crippen LogP contribution in [0.5, 0.6) is 0 Å². The van der Waals surface area contributed by atoms with Gasteiger partial charge >= 0.3 is 12.1 Å². The van der Waals surface area contributed by atoms with E-state index >= 15 is 0 Å². The van der Waals surface area contributed by atoms with Crippen LogP contribution in [0.3, 0.4) is 0 Å². The van der Waals surface area contributed by atoms with E-state index in [0.29, 0.717) is 6.54 Å². The molecule has 8 heteroatoms. The van der Waals surface area contributed by atoms with Crippen LogP contribution in [-0.4, -0.2) is 63.7 Å². The molecule has 0 spiro atoms. The average molecular weight is 552 g/mol. The predicted molar refractivity (Wildman–Crippen MR) is 156 cm³/mol. The SMILES string of the molecule is CCCCCCCCCCCCCCCCCCN(C(=O)OC(C)(C)C)[C@H](C)C(=O)N(CC#N)[C@@H](C)C(=O)O. The summed E-state index contributed by atoms with van der Waals surface area (Å²) in [5.74, 6) is -1.78. The highest BCUT2D eigenvalue weighted by molar-refractivity contribution is 5.89. The lowest BCUT2D eigenvalue weighted by atomic mass is 10.0. The first-order valence-electron chi connectivity index (χ1n) is 15.4. The Bertz CT molecular complexity index is 729. The monoisotopic (exact) mass is 551 g/mol. The highest BCUT2D eigenvalue weighted by Crippen LogP contribution is 2.17. The van der Waals surface area contributed by atoms with Crippen molar-refractivity contribution in [1.29, 1.82) is 5.26 Å². The first kappa shape index (κ1) is 36.7. The summed E-state index contributed by atoms with van der Waals surface area (Å²) in [6, 6.07) is -0.255. The van der Waals surface area contributed by atoms with Gasteiger partial charge in [-0.2, -0.15) is 5.26 Å². The lowest BCUT2D eigenvalue weighted by Crippen LogP contribution is -2.54. The molecule has 0 aliphatic carbocycles. The number of hydrogen-bond donors (Lipinski definition) is 1. The standard InChI is InChI=1S/C31H57N3O5/c1-7-8-9-10-11-12-13-14-15-16-17-18-19-20-21-22-24-34(30(38)39-31(4,5)6)26(2)28(35)33(25-23-32)27(3)29(36)37/h26-27H,7-22,24-25H2,1-6H3,(H,36,37)/t26-,27+/m1/s1. The van der Waals surface area contributed by atoms with E-state index in [2.05, 4.69) is 6.92 Å². The number of ether oxygens (including phenoxy) is 1. The van der Waals surface area contributed by atoms with Gasteiger partial charge in [-0.05, 0) is 41.0 Å². The van der Waals surface area contributed by atoms with Gasteiger partial charge in [0.05, 0.1) is 6.07 Å². The van der Waals surface area contributed by atoms with Crippen molar-refractivity contribution < 1.29 is 24.2 Å². The predicted octanol–water partition coefficient (Wildman–Crippen LogP) is 7.70. The summed E-state index contributed by atoms with van der Waals surface area (Å²) in [7, 11) is 0. The molecule has 8 nitrogen and oxygen atoms in total. The van der Waals surface area contributed by atoms with Gasteiger partial charge in [0.15, 0.2) is 0 Å². The second-order valence-corrected chi connectivity index (χ2v) is 11.8. The third-order valence-corrected chi connectivity index (χ3v) is 7.05. The molecule has 0 fully saturated rings. The Morgan fingerprint density at radius 3 is 1.51 bits per heavy atom. The first-order chi connectivity index (χ1) is 18.5. The smallest absolute Gasteiger partial charge is 0.410 e. The van der Waals surface area contributed by atoms with Crippen LogP contribution in [0.25, 0.3) is 0 Å². The molecule has 0 aromatic carbocycles. The van der Waals surface area contributed by atoms with Crippen molar-refractivity contribution in [2.24, 2.45) is 0 Å². The maximum Gasteiger partial charge on any atom is 0.410 e. The molecule has 39 heavy (non-hydrogen) atoms. The zero-order chi connectivity index (χ0) is 29.7. The summed E-state index contributed by atoms with van der Waals surface area (Å²) in [6.45, 7) is 10.4. The molecular formula is C31H57N3O5. The van der Waals surface area contributed by atoms with Crippen LogP contribution in [0.15, 0.2) is 0 Å². The van der Waals surface area contributed by atoms with Crippen molar-refractivity contribution in [1.82, 2.24) is 9.80 Å². The summed E-state index contributed by atoms with van der Waals surface area (Å²) in [5, 5.41) is 18.5. The Morgan fingerprint density at radius 2 is 1.15 bits per heavy atom. The third-order valence-electron chi connectivity index (χ3n) is 7.05. The Kier molecular flexibility index (Phi) is 20.2. The van der Waals surface area contributed by atoms with E-state index in [4.69, 9.17) is 10.00 Å². The number of nitrogens with zero attached hydrogens (tertiary/aromatic N) is 3. The van der Waals surface area contributed by atoms with E-state index in [1.807, 2.05) is 6.07 Å². The number of amides is 2. The molecule has 0 rings (SSSR count). The van der Waals surface area contributed by atoms with Crippen molar-refractivity contribution >= 4 is 18.0 Å². The summed E-state index contributed by atoms with van der Waals surface area (Å²) in [6.07, 6.45) is 19.3. The number of carboxylic acids is 1. The fourth-order valence-electron chi connectivity index (χ4n) is 4.58. The number of aliphatic carboxylic acids is 1. The Hall–Kier alpha value is -2.30. The largest absolute Gasteiger partial charge is 0.480 e. The van der Waals surface area contributed by atoms with E-state index in [1.54, 1.807) is 27.7 Å². The lowest BCUT2D eigenvalue weighted by Gasteiger charge is -2.34. The minimum Gasteiger partial charge on any atom is -0.480 e. The van der Waals surface area contributed by atoms with Crippen LogP contribution in [0.1, 0.15) is 144 Å². The topological polar surface area (TPSA) is 111 Å². The van der Waals surface area contributed by atoms with E-state index < -0.39 is 35.7 Å². The molecule has 0 aromatic rings. The molecule has 0 radical (unpaired) electrons. The zero-order valence-corrected chi connectivity index (χ0v) is 25.8. The first-order valence-corrected chi connectivity index (χ1v) is 15.4. The number of hydrogen-bond acceptors (Lipinski definition) is 5. The maximum absolute atomic E-state index is 13.1. The minimum absolute atomic E-state index is 0.335. The van der Waals surface area contributed by atoms with Gasteiger partial charge in [-0.15, -0.1) is 0 Å². The van der Waals surface area contributed by atoms with Crippen molar-refractivity contribution in [3.63, 3.8) is 0 Å². The van der Waals surface area contributed by atoms with Crippen molar-refractivity contribution in [3.8, 4) is 6.07 Å². The van der Waals surface area contributed by atoms with Crippen LogP contribution in [0.4, 0.5) is 4.79 Å². The van der Waals surface area contributed by atoms with E-state index in [9.17, 15) is 19.5 Å². The number of nitriles is 1. The third kappa shape index (κ3) is 17.8. The van der Waals surface area contributed by atoms with Crippen LogP contribution >= 0.6 is 0 Å². The quantitative estimate of drug-likeness (QED) is 0.109. The minimum atomic E-state index is -1.20. The summed E-state index contributed by atoms with van der Waals surface area (Å²) in [5.41, 5.74) is -0.729. The summed E-state index contributed by atoms with van der Waals surface area (Å²) in [4.78, 5) is 39.9. The van der Waals surface area contributed by atoms with Crippen LogP contribution < -0.4 is 0 Å². The molecule has 0 unspecified atom stereocenters. The van der Waals surface area contributed by atoms with E-state index in [1.165, 1.54) is 88.9 Å². The Balaban J connectivity index is 4.50. The zero-order valence-electron chi connectivity index (χ0n) is 25.8. The molecule has 0 heterocycles. The van der Waals surface area contributed by atoms with Crippen molar-refractivity contribution in [3.05, 3.63) is 0 Å². The molecule has 0 saturated heterocycles. The van der Waals surface area contributed by atoms with Gasteiger partial charge in [0.1, 0.15) is 24.2 Å². The number of carbonyl (C=O) groups excluding carboxylic acids is 2. The van der Waals surface area contributed by atoms with Gasteiger partial charge in [0.2, 0.25) is 5.91 Å². The van der Waals surface area contributed by atoms with Gasteiger partial charge in [-0.3, -0.25) is 9.69 Å². The van der Waals surface area contributed by atoms with Gasteiger partial charge in [0, 0.05) is 6.54 Å². The average Bonchev–Trinajstić information content (AvgIpc) is 2.86. The normalized spacial score (nSPS) is 12.8. The number of unbranched alkanes of at least 4 members (excludes halogenated alkanes) is 15. The van der Waals surface area contributed by atoms with E-state index in [0.717, 1.165) is 30.6 Å². The number of carboxylic acid groups (broad SMARTS) is 1. The number of rotatable bonds is 22. The van der Waals surface area contributed by atoms with Crippen LogP contribution in [-0.2, 0) is 14.3 Å². The molecule has 0 aliphatic heterocycles. The molecule has 226 valence electrons. The van der Waals surface area contributed by atoms with Gasteiger partial charge in [-0.1, -0.05) is 103 Å². The van der Waals surface area contributed by atoms with Gasteiger partial charge < -0.3 is 14.7 Å². The molecule has 0 aliphatic rings. The molecule has 2 amide bonds. The van der Waals surface area contributed by atoms with Gasteiger partial charge in [0.25, 0.3) is 0 Å². The molecule has 2 atom stereocenters. The maximum atomic E-state index is 13.1. The number of carbonyl (C=O) groups is 3. The van der Waals surface area contributed by atoms with Crippen LogP contribution in [0.2, 0.25) is 0 Å². The summed E-state index contributed by atoms with van der Waals surface area (Å²) >= 11 is 0. The lowest BCUT2D eigenvalue weighted by molar-refractivity contribution is -0.150. The molecule has 0 aromatic heterocycles. The second-order valence-electron chi connectivity index (χ2n) is 11.8. The fraction of sp³-hybridized carbons (Fsp3) is 0.871. The molecule has 0 bridgehead atoms. The highest BCUT2D eigenvalue weighted by atomic mass is 16.6. The molecule has 1 N–H and O–H groups in total. The fourth-order valence-corrected chi connectivity index (χ4v) is 4.58. The van der Waals surface area contributed by atoms with Crippen molar-refractivity contribution in [2.45, 2.75) is 162 Å².